The first-order chi connectivity index (χ1) is 8.40. The number of nitrogens with two attached hydrogens (primary N) is 1. The molecule has 6 heteroatoms. The molecule has 0 aromatic carbocycles. The Morgan fingerprint density at radius 1 is 1.39 bits per heavy atom. The minimum atomic E-state index is -1.03. The number of amides is 2. The molecule has 1 unspecified atom stereocenters. The van der Waals surface area contributed by atoms with Crippen LogP contribution < -0.4 is 16.4 Å². The smallest absolute Gasteiger partial charge is 0.250 e. The molecule has 1 rings (SSSR count). The van der Waals surface area contributed by atoms with Crippen LogP contribution in [0.5, 0.6) is 0 Å². The molecular weight excluding hydrogens is 234 g/mol. The van der Waals surface area contributed by atoms with Crippen LogP contribution in [0.1, 0.15) is 40.0 Å². The van der Waals surface area contributed by atoms with E-state index in [1.54, 1.807) is 0 Å². The second-order valence-corrected chi connectivity index (χ2v) is 4.61. The van der Waals surface area contributed by atoms with Gasteiger partial charge >= 0.3 is 0 Å². The van der Waals surface area contributed by atoms with Crippen molar-refractivity contribution in [2.24, 2.45) is 5.73 Å². The largest absolute Gasteiger partial charge is 0.382 e. The van der Waals surface area contributed by atoms with E-state index >= 15 is 0 Å². The molecule has 1 fully saturated rings. The molecule has 106 valence electrons. The predicted molar refractivity (Wildman–Crippen MR) is 69.8 cm³/mol. The van der Waals surface area contributed by atoms with Gasteiger partial charge < -0.3 is 21.5 Å². The highest BCUT2D eigenvalue weighted by molar-refractivity contribution is 5.81. The number of nitrogens with one attached hydrogen (secondary N) is 2. The van der Waals surface area contributed by atoms with E-state index in [1.165, 1.54) is 0 Å². The molecule has 1 aliphatic carbocycles. The van der Waals surface area contributed by atoms with Crippen molar-refractivity contribution in [1.82, 2.24) is 10.6 Å². The van der Waals surface area contributed by atoms with Crippen molar-refractivity contribution in [3.05, 3.63) is 0 Å². The molecule has 5 N–H and O–H groups in total. The van der Waals surface area contributed by atoms with E-state index in [2.05, 4.69) is 10.6 Å². The van der Waals surface area contributed by atoms with Gasteiger partial charge in [0.25, 0.3) is 0 Å². The Bertz CT molecular complexity index is 265. The topological polar surface area (TPSA) is 104 Å². The molecule has 0 heterocycles. The quantitative estimate of drug-likeness (QED) is 0.534. The Hall–Kier alpha value is -1.14. The summed E-state index contributed by atoms with van der Waals surface area (Å²) in [6.07, 6.45) is 1.62. The molecule has 0 bridgehead atoms. The van der Waals surface area contributed by atoms with Crippen LogP contribution in [0.4, 0.5) is 0 Å². The maximum Gasteiger partial charge on any atom is 0.250 e. The Labute approximate surface area is 108 Å². The number of carbonyl (C=O) groups is 2. The zero-order chi connectivity index (χ0) is 14.1. The second kappa shape index (κ2) is 8.88. The van der Waals surface area contributed by atoms with Crippen LogP contribution in [-0.4, -0.2) is 41.7 Å². The molecule has 0 saturated heterocycles. The summed E-state index contributed by atoms with van der Waals surface area (Å²) in [5.74, 6) is -0.218. The SMILES string of the molecule is CCC(=O)NC(C)C.NCC(O)C(=O)NC1CC1. The van der Waals surface area contributed by atoms with E-state index in [0.717, 1.165) is 12.8 Å². The second-order valence-electron chi connectivity index (χ2n) is 4.61. The van der Waals surface area contributed by atoms with Crippen molar-refractivity contribution in [3.8, 4) is 0 Å². The summed E-state index contributed by atoms with van der Waals surface area (Å²) < 4.78 is 0. The molecule has 0 aromatic rings. The Morgan fingerprint density at radius 3 is 2.22 bits per heavy atom. The van der Waals surface area contributed by atoms with E-state index in [0.29, 0.717) is 12.5 Å². The van der Waals surface area contributed by atoms with Gasteiger partial charge in [0.05, 0.1) is 0 Å². The van der Waals surface area contributed by atoms with E-state index in [1.807, 2.05) is 20.8 Å². The lowest BCUT2D eigenvalue weighted by molar-refractivity contribution is -0.129. The molecule has 6 nitrogen and oxygen atoms in total. The molecule has 0 aliphatic heterocycles. The molecule has 1 saturated carbocycles. The van der Waals surface area contributed by atoms with Gasteiger partial charge in [-0.15, -0.1) is 0 Å². The molecular formula is C12H25N3O3. The highest BCUT2D eigenvalue weighted by Gasteiger charge is 2.25. The first-order valence-corrected chi connectivity index (χ1v) is 6.38. The Balaban J connectivity index is 0.000000331. The molecule has 1 atom stereocenters. The summed E-state index contributed by atoms with van der Waals surface area (Å²) in [6.45, 7) is 5.75. The van der Waals surface area contributed by atoms with Gasteiger partial charge in [0.15, 0.2) is 0 Å². The number of aliphatic hydroxyl groups is 1. The Morgan fingerprint density at radius 2 is 1.94 bits per heavy atom. The minimum absolute atomic E-state index is 0.00144. The van der Waals surface area contributed by atoms with Gasteiger partial charge in [0, 0.05) is 25.0 Å². The summed E-state index contributed by atoms with van der Waals surface area (Å²) in [5, 5.41) is 14.3. The fourth-order valence-corrected chi connectivity index (χ4v) is 1.06. The van der Waals surface area contributed by atoms with E-state index in [-0.39, 0.29) is 24.4 Å². The van der Waals surface area contributed by atoms with Gasteiger partial charge in [-0.25, -0.2) is 0 Å². The lowest BCUT2D eigenvalue weighted by Gasteiger charge is -2.06. The van der Waals surface area contributed by atoms with Crippen molar-refractivity contribution in [2.75, 3.05) is 6.54 Å². The number of carbonyl (C=O) groups excluding carboxylic acids is 2. The summed E-state index contributed by atoms with van der Waals surface area (Å²) in [6, 6.07) is 0.580. The summed E-state index contributed by atoms with van der Waals surface area (Å²) in [5.41, 5.74) is 5.06. The average Bonchev–Trinajstić information content (AvgIpc) is 3.11. The fraction of sp³-hybridized carbons (Fsp3) is 0.833. The van der Waals surface area contributed by atoms with Crippen LogP contribution >= 0.6 is 0 Å². The Kier molecular flexibility index (Phi) is 8.32. The highest BCUT2D eigenvalue weighted by atomic mass is 16.3. The highest BCUT2D eigenvalue weighted by Crippen LogP contribution is 2.18. The first kappa shape index (κ1) is 16.9. The average molecular weight is 259 g/mol. The third kappa shape index (κ3) is 8.95. The summed E-state index contributed by atoms with van der Waals surface area (Å²) in [4.78, 5) is 21.3. The van der Waals surface area contributed by atoms with Crippen LogP contribution in [0, 0.1) is 0 Å². The third-order valence-electron chi connectivity index (χ3n) is 2.22. The van der Waals surface area contributed by atoms with E-state index in [9.17, 15) is 9.59 Å². The summed E-state index contributed by atoms with van der Waals surface area (Å²) >= 11 is 0. The van der Waals surface area contributed by atoms with Gasteiger partial charge in [-0.2, -0.15) is 0 Å². The number of hydrogen-bond donors (Lipinski definition) is 4. The standard InChI is InChI=1S/C6H12N2O2.C6H13NO/c7-3-5(9)6(10)8-4-1-2-4;1-4-6(8)7-5(2)3/h4-5,9H,1-3,7H2,(H,8,10);5H,4H2,1-3H3,(H,7,8). The zero-order valence-electron chi connectivity index (χ0n) is 11.4. The molecule has 0 spiro atoms. The van der Waals surface area contributed by atoms with Crippen molar-refractivity contribution in [1.29, 1.82) is 0 Å². The van der Waals surface area contributed by atoms with Crippen molar-refractivity contribution >= 4 is 11.8 Å². The van der Waals surface area contributed by atoms with Crippen LogP contribution in [0.3, 0.4) is 0 Å². The lowest BCUT2D eigenvalue weighted by atomic mass is 10.3. The molecule has 0 aromatic heterocycles. The minimum Gasteiger partial charge on any atom is -0.382 e. The molecule has 18 heavy (non-hydrogen) atoms. The fourth-order valence-electron chi connectivity index (χ4n) is 1.06. The van der Waals surface area contributed by atoms with Crippen LogP contribution in [0.15, 0.2) is 0 Å². The van der Waals surface area contributed by atoms with Crippen LogP contribution in [0.2, 0.25) is 0 Å². The zero-order valence-corrected chi connectivity index (χ0v) is 11.4. The maximum atomic E-state index is 10.8. The monoisotopic (exact) mass is 259 g/mol. The van der Waals surface area contributed by atoms with Crippen LogP contribution in [0.25, 0.3) is 0 Å². The van der Waals surface area contributed by atoms with Gasteiger partial charge in [-0.05, 0) is 26.7 Å². The number of rotatable bonds is 5. The first-order valence-electron chi connectivity index (χ1n) is 6.38. The molecule has 2 amide bonds. The molecule has 0 radical (unpaired) electrons. The lowest BCUT2D eigenvalue weighted by Crippen LogP contribution is -2.40. The van der Waals surface area contributed by atoms with E-state index < -0.39 is 6.10 Å². The van der Waals surface area contributed by atoms with Crippen molar-refractivity contribution < 1.29 is 14.7 Å². The van der Waals surface area contributed by atoms with Gasteiger partial charge in [0.1, 0.15) is 6.10 Å². The van der Waals surface area contributed by atoms with Gasteiger partial charge in [-0.1, -0.05) is 6.92 Å². The van der Waals surface area contributed by atoms with Crippen molar-refractivity contribution in [2.45, 2.75) is 58.2 Å². The van der Waals surface area contributed by atoms with Crippen molar-refractivity contribution in [3.63, 3.8) is 0 Å². The maximum absolute atomic E-state index is 10.8. The summed E-state index contributed by atoms with van der Waals surface area (Å²) in [7, 11) is 0. The third-order valence-corrected chi connectivity index (χ3v) is 2.22. The van der Waals surface area contributed by atoms with E-state index in [4.69, 9.17) is 10.8 Å². The van der Waals surface area contributed by atoms with Gasteiger partial charge in [0.2, 0.25) is 11.8 Å². The normalized spacial score (nSPS) is 15.4. The number of hydrogen-bond acceptors (Lipinski definition) is 4. The number of aliphatic hydroxyl groups excluding tert-OH is 1. The van der Waals surface area contributed by atoms with Gasteiger partial charge in [-0.3, -0.25) is 9.59 Å². The predicted octanol–water partition coefficient (Wildman–Crippen LogP) is -0.494. The van der Waals surface area contributed by atoms with Crippen LogP contribution in [-0.2, 0) is 9.59 Å². The molecule has 1 aliphatic rings.